The first-order valence-electron chi connectivity index (χ1n) is 6.66. The van der Waals surface area contributed by atoms with Gasteiger partial charge in [-0.2, -0.15) is 0 Å². The van der Waals surface area contributed by atoms with Gasteiger partial charge in [0.05, 0.1) is 38.5 Å². The molecule has 2 N–H and O–H groups in total. The largest absolute Gasteiger partial charge is 0.479 e. The maximum atomic E-state index is 12.4. The number of hydrogen-bond donors (Lipinski definition) is 2. The van der Waals surface area contributed by atoms with Crippen molar-refractivity contribution in [3.05, 3.63) is 0 Å². The van der Waals surface area contributed by atoms with E-state index >= 15 is 0 Å². The molecule has 2 fully saturated rings. The van der Waals surface area contributed by atoms with Crippen LogP contribution in [-0.4, -0.2) is 89.7 Å². The Hall–Kier alpha value is -1.38. The number of carbonyl (C=O) groups excluding carboxylic acids is 1. The molecule has 2 aliphatic rings. The summed E-state index contributed by atoms with van der Waals surface area (Å²) in [5.41, 5.74) is 0. The first kappa shape index (κ1) is 15.0. The minimum Gasteiger partial charge on any atom is -0.479 e. The molecule has 0 aliphatic carbocycles. The zero-order valence-corrected chi connectivity index (χ0v) is 11.4. The third-order valence-electron chi connectivity index (χ3n) is 3.41. The summed E-state index contributed by atoms with van der Waals surface area (Å²) in [5, 5.41) is 18.1. The van der Waals surface area contributed by atoms with Crippen molar-refractivity contribution < 1.29 is 29.3 Å². The average molecular weight is 288 g/mol. The van der Waals surface area contributed by atoms with Gasteiger partial charge in [0, 0.05) is 13.1 Å². The van der Waals surface area contributed by atoms with Crippen LogP contribution in [0.3, 0.4) is 0 Å². The molecule has 8 heteroatoms. The Morgan fingerprint density at radius 1 is 1.25 bits per heavy atom. The normalized spacial score (nSPS) is 31.2. The molecule has 3 unspecified atom stereocenters. The molecule has 0 bridgehead atoms. The van der Waals surface area contributed by atoms with E-state index in [1.54, 1.807) is 4.90 Å². The van der Waals surface area contributed by atoms with Crippen LogP contribution in [0.1, 0.15) is 6.92 Å². The van der Waals surface area contributed by atoms with Gasteiger partial charge in [-0.05, 0) is 6.92 Å². The topological polar surface area (TPSA) is 99.5 Å². The number of amides is 2. The van der Waals surface area contributed by atoms with Crippen LogP contribution in [0.4, 0.5) is 4.79 Å². The van der Waals surface area contributed by atoms with Crippen molar-refractivity contribution in [2.75, 3.05) is 39.4 Å². The second-order valence-electron chi connectivity index (χ2n) is 5.08. The average Bonchev–Trinajstić information content (AvgIpc) is 2.45. The van der Waals surface area contributed by atoms with Crippen LogP contribution in [0.2, 0.25) is 0 Å². The highest BCUT2D eigenvalue weighted by atomic mass is 16.5. The highest BCUT2D eigenvalue weighted by molar-refractivity contribution is 5.77. The van der Waals surface area contributed by atoms with E-state index in [1.807, 2.05) is 6.92 Å². The number of carboxylic acid groups (broad SMARTS) is 1. The highest BCUT2D eigenvalue weighted by Gasteiger charge is 2.34. The van der Waals surface area contributed by atoms with Gasteiger partial charge >= 0.3 is 12.0 Å². The third-order valence-corrected chi connectivity index (χ3v) is 3.41. The number of aliphatic hydroxyl groups excluding tert-OH is 1. The lowest BCUT2D eigenvalue weighted by Gasteiger charge is -2.40. The predicted molar refractivity (Wildman–Crippen MR) is 67.3 cm³/mol. The van der Waals surface area contributed by atoms with Gasteiger partial charge in [-0.3, -0.25) is 0 Å². The van der Waals surface area contributed by atoms with E-state index in [0.717, 1.165) is 0 Å². The number of ether oxygens (including phenoxy) is 2. The molecule has 2 rings (SSSR count). The monoisotopic (exact) mass is 288 g/mol. The molecule has 2 amide bonds. The number of carbonyl (C=O) groups is 2. The highest BCUT2D eigenvalue weighted by Crippen LogP contribution is 2.15. The fourth-order valence-corrected chi connectivity index (χ4v) is 2.47. The van der Waals surface area contributed by atoms with Gasteiger partial charge in [0.25, 0.3) is 0 Å². The minimum atomic E-state index is -1.06. The Balaban J connectivity index is 1.97. The summed E-state index contributed by atoms with van der Waals surface area (Å²) >= 11 is 0. The first-order valence-corrected chi connectivity index (χ1v) is 6.66. The van der Waals surface area contributed by atoms with Crippen molar-refractivity contribution in [1.82, 2.24) is 9.80 Å². The lowest BCUT2D eigenvalue weighted by atomic mass is 10.2. The number of nitrogens with zero attached hydrogens (tertiary/aromatic N) is 2. The zero-order chi connectivity index (χ0) is 14.7. The van der Waals surface area contributed by atoms with Crippen LogP contribution in [0.15, 0.2) is 0 Å². The molecule has 8 nitrogen and oxygen atoms in total. The number of morpholine rings is 2. The van der Waals surface area contributed by atoms with Crippen LogP contribution in [0.5, 0.6) is 0 Å². The van der Waals surface area contributed by atoms with Crippen LogP contribution in [-0.2, 0) is 14.3 Å². The molecule has 0 aromatic rings. The summed E-state index contributed by atoms with van der Waals surface area (Å²) < 4.78 is 10.6. The molecule has 3 atom stereocenters. The van der Waals surface area contributed by atoms with Crippen LogP contribution >= 0.6 is 0 Å². The van der Waals surface area contributed by atoms with Crippen LogP contribution < -0.4 is 0 Å². The Bertz CT molecular complexity index is 377. The Morgan fingerprint density at radius 3 is 2.65 bits per heavy atom. The van der Waals surface area contributed by atoms with E-state index in [1.165, 1.54) is 4.90 Å². The number of aliphatic hydroxyl groups is 1. The molecule has 0 aromatic heterocycles. The van der Waals surface area contributed by atoms with Crippen molar-refractivity contribution in [1.29, 1.82) is 0 Å². The minimum absolute atomic E-state index is 0.0453. The molecule has 20 heavy (non-hydrogen) atoms. The predicted octanol–water partition coefficient (Wildman–Crippen LogP) is -1.03. The van der Waals surface area contributed by atoms with Gasteiger partial charge in [0.15, 0.2) is 6.10 Å². The summed E-state index contributed by atoms with van der Waals surface area (Å²) in [4.78, 5) is 26.4. The Labute approximate surface area is 116 Å². The number of carboxylic acids is 1. The summed E-state index contributed by atoms with van der Waals surface area (Å²) in [6, 6.07) is -0.229. The van der Waals surface area contributed by atoms with Crippen LogP contribution in [0.25, 0.3) is 0 Å². The lowest BCUT2D eigenvalue weighted by molar-refractivity contribution is -0.155. The molecule has 0 radical (unpaired) electrons. The second kappa shape index (κ2) is 6.38. The van der Waals surface area contributed by atoms with Gasteiger partial charge in [-0.15, -0.1) is 0 Å². The lowest BCUT2D eigenvalue weighted by Crippen LogP contribution is -2.57. The molecular weight excluding hydrogens is 268 g/mol. The number of rotatable bonds is 2. The van der Waals surface area contributed by atoms with Crippen molar-refractivity contribution in [2.24, 2.45) is 0 Å². The molecule has 0 spiro atoms. The van der Waals surface area contributed by atoms with Crippen molar-refractivity contribution in [2.45, 2.75) is 25.2 Å². The van der Waals surface area contributed by atoms with Crippen LogP contribution in [0, 0.1) is 0 Å². The molecule has 2 saturated heterocycles. The second-order valence-corrected chi connectivity index (χ2v) is 5.08. The fourth-order valence-electron chi connectivity index (χ4n) is 2.47. The molecule has 0 saturated carbocycles. The summed E-state index contributed by atoms with van der Waals surface area (Å²) in [6.07, 6.45) is -1.51. The van der Waals surface area contributed by atoms with E-state index in [4.69, 9.17) is 19.7 Å². The third kappa shape index (κ3) is 3.38. The van der Waals surface area contributed by atoms with E-state index in [0.29, 0.717) is 19.6 Å². The van der Waals surface area contributed by atoms with Gasteiger partial charge in [-0.1, -0.05) is 0 Å². The van der Waals surface area contributed by atoms with E-state index < -0.39 is 12.1 Å². The smallest absolute Gasteiger partial charge is 0.334 e. The fraction of sp³-hybridized carbons (Fsp3) is 0.833. The maximum Gasteiger partial charge on any atom is 0.334 e. The maximum absolute atomic E-state index is 12.4. The zero-order valence-electron chi connectivity index (χ0n) is 11.4. The number of aliphatic carboxylic acids is 1. The quantitative estimate of drug-likeness (QED) is 0.674. The summed E-state index contributed by atoms with van der Waals surface area (Å²) in [6.45, 7) is 3.07. The van der Waals surface area contributed by atoms with Gasteiger partial charge < -0.3 is 29.5 Å². The standard InChI is InChI=1S/C12H20N2O6/c1-8-4-14(5-9(7-15)20-8)12(18)13-2-3-19-10(6-13)11(16)17/h8-10,15H,2-7H2,1H3,(H,16,17). The molecular formula is C12H20N2O6. The number of hydrogen-bond acceptors (Lipinski definition) is 5. The molecule has 2 aliphatic heterocycles. The molecule has 2 heterocycles. The Kier molecular flexibility index (Phi) is 4.79. The van der Waals surface area contributed by atoms with E-state index in [2.05, 4.69) is 0 Å². The van der Waals surface area contributed by atoms with E-state index in [9.17, 15) is 9.59 Å². The van der Waals surface area contributed by atoms with Gasteiger partial charge in [0.2, 0.25) is 0 Å². The number of urea groups is 1. The van der Waals surface area contributed by atoms with Crippen molar-refractivity contribution >= 4 is 12.0 Å². The molecule has 0 aromatic carbocycles. The summed E-state index contributed by atoms with van der Waals surface area (Å²) in [7, 11) is 0. The Morgan fingerprint density at radius 2 is 2.00 bits per heavy atom. The van der Waals surface area contributed by atoms with Gasteiger partial charge in [-0.25, -0.2) is 9.59 Å². The molecule has 114 valence electrons. The SMILES string of the molecule is CC1CN(C(=O)N2CCOC(C(=O)O)C2)CC(CO)O1. The van der Waals surface area contributed by atoms with Gasteiger partial charge in [0.1, 0.15) is 0 Å². The van der Waals surface area contributed by atoms with Crippen molar-refractivity contribution in [3.8, 4) is 0 Å². The van der Waals surface area contributed by atoms with E-state index in [-0.39, 0.29) is 38.0 Å². The summed E-state index contributed by atoms with van der Waals surface area (Å²) in [5.74, 6) is -1.06. The first-order chi connectivity index (χ1) is 9.51. The van der Waals surface area contributed by atoms with Crippen molar-refractivity contribution in [3.63, 3.8) is 0 Å².